The highest BCUT2D eigenvalue weighted by Gasteiger charge is 2.15. The zero-order valence-corrected chi connectivity index (χ0v) is 10.1. The Balaban J connectivity index is 2.18. The molecule has 1 aromatic heterocycles. The summed E-state index contributed by atoms with van der Waals surface area (Å²) < 4.78 is 0. The number of hydrogen-bond acceptors (Lipinski definition) is 3. The predicted molar refractivity (Wildman–Crippen MR) is 63.9 cm³/mol. The molecule has 0 spiro atoms. The Bertz CT molecular complexity index is 301. The van der Waals surface area contributed by atoms with Crippen molar-refractivity contribution in [2.24, 2.45) is 5.73 Å². The van der Waals surface area contributed by atoms with Gasteiger partial charge in [0.15, 0.2) is 0 Å². The number of amides is 1. The van der Waals surface area contributed by atoms with Crippen LogP contribution in [0.3, 0.4) is 0 Å². The molecule has 0 saturated carbocycles. The number of hydrogen-bond donors (Lipinski definition) is 2. The van der Waals surface area contributed by atoms with Gasteiger partial charge in [-0.2, -0.15) is 0 Å². The minimum absolute atomic E-state index is 0.0269. The quantitative estimate of drug-likeness (QED) is 0.800. The molecule has 0 aromatic carbocycles. The summed E-state index contributed by atoms with van der Waals surface area (Å²) in [6.45, 7) is 4.40. The largest absolute Gasteiger partial charge is 0.356 e. The summed E-state index contributed by atoms with van der Waals surface area (Å²) in [6.07, 6.45) is 1.27. The lowest BCUT2D eigenvalue weighted by Gasteiger charge is -2.17. The highest BCUT2D eigenvalue weighted by molar-refractivity contribution is 7.09. The van der Waals surface area contributed by atoms with E-state index in [1.165, 1.54) is 4.88 Å². The first-order valence-corrected chi connectivity index (χ1v) is 5.93. The number of thiophene rings is 1. The third kappa shape index (κ3) is 5.54. The van der Waals surface area contributed by atoms with Crippen molar-refractivity contribution in [3.63, 3.8) is 0 Å². The van der Waals surface area contributed by atoms with Gasteiger partial charge in [0.2, 0.25) is 5.91 Å². The zero-order chi connectivity index (χ0) is 11.3. The Morgan fingerprint density at radius 3 is 2.87 bits per heavy atom. The molecule has 0 aliphatic carbocycles. The first-order chi connectivity index (χ1) is 6.97. The molecule has 0 aliphatic heterocycles. The van der Waals surface area contributed by atoms with Gasteiger partial charge in [-0.1, -0.05) is 6.07 Å². The minimum atomic E-state index is -0.424. The van der Waals surface area contributed by atoms with Crippen molar-refractivity contribution in [2.75, 3.05) is 6.54 Å². The molecule has 0 radical (unpaired) electrons. The van der Waals surface area contributed by atoms with E-state index in [9.17, 15) is 4.79 Å². The average molecular weight is 226 g/mol. The van der Waals surface area contributed by atoms with E-state index in [2.05, 4.69) is 11.4 Å². The van der Waals surface area contributed by atoms with E-state index in [-0.39, 0.29) is 5.91 Å². The van der Waals surface area contributed by atoms with Gasteiger partial charge in [-0.25, -0.2) is 0 Å². The van der Waals surface area contributed by atoms with E-state index in [0.29, 0.717) is 13.0 Å². The highest BCUT2D eigenvalue weighted by Crippen LogP contribution is 2.08. The molecule has 1 aromatic rings. The molecule has 4 heteroatoms. The third-order valence-electron chi connectivity index (χ3n) is 1.89. The second kappa shape index (κ2) is 5.28. The molecule has 0 unspecified atom stereocenters. The van der Waals surface area contributed by atoms with Gasteiger partial charge in [0, 0.05) is 23.4 Å². The maximum absolute atomic E-state index is 11.4. The van der Waals surface area contributed by atoms with E-state index in [1.54, 1.807) is 11.3 Å². The number of carbonyl (C=O) groups excluding carboxylic acids is 1. The molecule has 0 fully saturated rings. The van der Waals surface area contributed by atoms with Crippen LogP contribution in [0.2, 0.25) is 0 Å². The Morgan fingerprint density at radius 1 is 1.60 bits per heavy atom. The number of nitrogens with one attached hydrogen (secondary N) is 1. The molecule has 1 amide bonds. The van der Waals surface area contributed by atoms with Crippen LogP contribution in [0.5, 0.6) is 0 Å². The summed E-state index contributed by atoms with van der Waals surface area (Å²) in [6, 6.07) is 4.09. The summed E-state index contributed by atoms with van der Waals surface area (Å²) in [7, 11) is 0. The van der Waals surface area contributed by atoms with Gasteiger partial charge in [-0.05, 0) is 31.7 Å². The maximum Gasteiger partial charge on any atom is 0.221 e. The van der Waals surface area contributed by atoms with Gasteiger partial charge in [0.05, 0.1) is 0 Å². The van der Waals surface area contributed by atoms with Crippen LogP contribution in [0, 0.1) is 0 Å². The third-order valence-corrected chi connectivity index (χ3v) is 2.83. The molecule has 1 heterocycles. The van der Waals surface area contributed by atoms with Crippen LogP contribution < -0.4 is 11.1 Å². The van der Waals surface area contributed by atoms with Gasteiger partial charge in [0.25, 0.3) is 0 Å². The van der Waals surface area contributed by atoms with Crippen LogP contribution in [-0.4, -0.2) is 18.0 Å². The second-order valence-electron chi connectivity index (χ2n) is 4.34. The summed E-state index contributed by atoms with van der Waals surface area (Å²) in [4.78, 5) is 12.7. The predicted octanol–water partition coefficient (Wildman–Crippen LogP) is 1.53. The lowest BCUT2D eigenvalue weighted by atomic mass is 10.0. The molecule has 84 valence electrons. The van der Waals surface area contributed by atoms with Crippen molar-refractivity contribution in [3.8, 4) is 0 Å². The Hall–Kier alpha value is -0.870. The number of rotatable bonds is 5. The molecule has 0 atom stereocenters. The maximum atomic E-state index is 11.4. The zero-order valence-electron chi connectivity index (χ0n) is 9.25. The number of nitrogens with two attached hydrogens (primary N) is 1. The van der Waals surface area contributed by atoms with E-state index >= 15 is 0 Å². The fourth-order valence-electron chi connectivity index (χ4n) is 1.26. The lowest BCUT2D eigenvalue weighted by molar-refractivity contribution is -0.121. The highest BCUT2D eigenvalue weighted by atomic mass is 32.1. The van der Waals surface area contributed by atoms with Gasteiger partial charge in [0.1, 0.15) is 0 Å². The monoisotopic (exact) mass is 226 g/mol. The summed E-state index contributed by atoms with van der Waals surface area (Å²) in [5.74, 6) is 0.0269. The van der Waals surface area contributed by atoms with Crippen molar-refractivity contribution in [3.05, 3.63) is 22.4 Å². The summed E-state index contributed by atoms with van der Waals surface area (Å²) >= 11 is 1.71. The van der Waals surface area contributed by atoms with Gasteiger partial charge < -0.3 is 11.1 Å². The average Bonchev–Trinajstić information content (AvgIpc) is 2.53. The van der Waals surface area contributed by atoms with Crippen molar-refractivity contribution in [1.82, 2.24) is 5.32 Å². The Morgan fingerprint density at radius 2 is 2.33 bits per heavy atom. The Kier molecular flexibility index (Phi) is 4.29. The second-order valence-corrected chi connectivity index (χ2v) is 5.38. The van der Waals surface area contributed by atoms with Crippen LogP contribution in [0.15, 0.2) is 17.5 Å². The van der Waals surface area contributed by atoms with Crippen LogP contribution in [0.1, 0.15) is 25.1 Å². The van der Waals surface area contributed by atoms with Crippen LogP contribution in [0.25, 0.3) is 0 Å². The summed E-state index contributed by atoms with van der Waals surface area (Å²) in [5.41, 5.74) is 5.32. The smallest absolute Gasteiger partial charge is 0.221 e. The van der Waals surface area contributed by atoms with Gasteiger partial charge in [-0.15, -0.1) is 11.3 Å². The van der Waals surface area contributed by atoms with Crippen LogP contribution in [0.4, 0.5) is 0 Å². The molecule has 0 bridgehead atoms. The van der Waals surface area contributed by atoms with Crippen molar-refractivity contribution >= 4 is 17.2 Å². The summed E-state index contributed by atoms with van der Waals surface area (Å²) in [5, 5.41) is 4.91. The fourth-order valence-corrected chi connectivity index (χ4v) is 1.97. The number of carbonyl (C=O) groups is 1. The lowest BCUT2D eigenvalue weighted by Crippen LogP contribution is -2.39. The molecule has 3 N–H and O–H groups in total. The van der Waals surface area contributed by atoms with Gasteiger partial charge in [-0.3, -0.25) is 4.79 Å². The van der Waals surface area contributed by atoms with Gasteiger partial charge >= 0.3 is 0 Å². The molecule has 15 heavy (non-hydrogen) atoms. The normalized spacial score (nSPS) is 11.4. The van der Waals surface area contributed by atoms with Crippen molar-refractivity contribution < 1.29 is 4.79 Å². The van der Waals surface area contributed by atoms with E-state index in [0.717, 1.165) is 6.42 Å². The standard InChI is InChI=1S/C11H18N2OS/c1-11(2,12)8-10(14)13-6-5-9-4-3-7-15-9/h3-4,7H,5-6,8,12H2,1-2H3,(H,13,14). The molecule has 1 rings (SSSR count). The van der Waals surface area contributed by atoms with Crippen LogP contribution in [-0.2, 0) is 11.2 Å². The molecule has 3 nitrogen and oxygen atoms in total. The first-order valence-electron chi connectivity index (χ1n) is 5.05. The van der Waals surface area contributed by atoms with Crippen molar-refractivity contribution in [1.29, 1.82) is 0 Å². The van der Waals surface area contributed by atoms with E-state index in [1.807, 2.05) is 25.3 Å². The molecular formula is C11H18N2OS. The fraction of sp³-hybridized carbons (Fsp3) is 0.545. The SMILES string of the molecule is CC(C)(N)CC(=O)NCCc1cccs1. The topological polar surface area (TPSA) is 55.1 Å². The molecule has 0 saturated heterocycles. The molecule has 0 aliphatic rings. The molecular weight excluding hydrogens is 208 g/mol. The van der Waals surface area contributed by atoms with E-state index < -0.39 is 5.54 Å². The Labute approximate surface area is 94.7 Å². The van der Waals surface area contributed by atoms with Crippen LogP contribution >= 0.6 is 11.3 Å². The van der Waals surface area contributed by atoms with Crippen molar-refractivity contribution in [2.45, 2.75) is 32.2 Å². The first kappa shape index (κ1) is 12.2. The van der Waals surface area contributed by atoms with E-state index in [4.69, 9.17) is 5.73 Å². The minimum Gasteiger partial charge on any atom is -0.356 e.